The zero-order valence-corrected chi connectivity index (χ0v) is 13.7. The first-order valence-corrected chi connectivity index (χ1v) is 6.97. The molecular weight excluding hydrogens is 323 g/mol. The van der Waals surface area contributed by atoms with Crippen LogP contribution in [0.2, 0.25) is 0 Å². The molecule has 2 N–H and O–H groups in total. The van der Waals surface area contributed by atoms with Gasteiger partial charge in [0.05, 0.1) is 0 Å². The lowest BCUT2D eigenvalue weighted by atomic mass is 9.94. The number of hydrogen-bond acceptors (Lipinski definition) is 5. The summed E-state index contributed by atoms with van der Waals surface area (Å²) in [6.07, 6.45) is 9.44. The lowest BCUT2D eigenvalue weighted by Crippen LogP contribution is -2.31. The van der Waals surface area contributed by atoms with Crippen molar-refractivity contribution < 1.29 is 4.74 Å². The molecular formula is C15H20Cl2N4O. The van der Waals surface area contributed by atoms with Crippen LogP contribution in [0.3, 0.4) is 0 Å². The second-order valence-corrected chi connectivity index (χ2v) is 5.11. The van der Waals surface area contributed by atoms with Gasteiger partial charge in [-0.3, -0.25) is 4.98 Å². The van der Waals surface area contributed by atoms with Gasteiger partial charge in [-0.05, 0) is 37.8 Å². The average Bonchev–Trinajstić information content (AvgIpc) is 2.51. The van der Waals surface area contributed by atoms with Gasteiger partial charge < -0.3 is 10.5 Å². The third-order valence-electron chi connectivity index (χ3n) is 3.56. The van der Waals surface area contributed by atoms with E-state index in [1.807, 2.05) is 12.1 Å². The fourth-order valence-electron chi connectivity index (χ4n) is 2.42. The summed E-state index contributed by atoms with van der Waals surface area (Å²) in [6.45, 7) is 0. The summed E-state index contributed by atoms with van der Waals surface area (Å²) >= 11 is 0. The maximum Gasteiger partial charge on any atom is 0.217 e. The molecule has 0 radical (unpaired) electrons. The van der Waals surface area contributed by atoms with Crippen LogP contribution >= 0.6 is 24.8 Å². The van der Waals surface area contributed by atoms with Gasteiger partial charge in [-0.2, -0.15) is 4.98 Å². The van der Waals surface area contributed by atoms with Gasteiger partial charge in [0.1, 0.15) is 6.10 Å². The minimum absolute atomic E-state index is 0. The predicted octanol–water partition coefficient (Wildman–Crippen LogP) is 3.03. The molecule has 0 unspecified atom stereocenters. The number of nitrogens with zero attached hydrogens (tertiary/aromatic N) is 3. The smallest absolute Gasteiger partial charge is 0.217 e. The summed E-state index contributed by atoms with van der Waals surface area (Å²) in [5, 5.41) is 0. The van der Waals surface area contributed by atoms with Gasteiger partial charge in [0.15, 0.2) is 5.82 Å². The van der Waals surface area contributed by atoms with Crippen molar-refractivity contribution in [2.45, 2.75) is 37.8 Å². The summed E-state index contributed by atoms with van der Waals surface area (Å²) in [5.41, 5.74) is 6.79. The Morgan fingerprint density at radius 1 is 1.05 bits per heavy atom. The van der Waals surface area contributed by atoms with Crippen molar-refractivity contribution in [3.8, 4) is 17.3 Å². The van der Waals surface area contributed by atoms with Crippen molar-refractivity contribution in [1.82, 2.24) is 15.0 Å². The molecule has 1 aliphatic carbocycles. The largest absolute Gasteiger partial charge is 0.474 e. The highest BCUT2D eigenvalue weighted by Gasteiger charge is 2.20. The first-order chi connectivity index (χ1) is 9.81. The van der Waals surface area contributed by atoms with Crippen LogP contribution in [-0.4, -0.2) is 27.1 Å². The SMILES string of the molecule is Cl.Cl.N[C@H]1CC[C@H](Oc2ccnc(-c3cccnc3)n2)CC1. The first-order valence-electron chi connectivity index (χ1n) is 6.97. The van der Waals surface area contributed by atoms with Crippen molar-refractivity contribution in [3.05, 3.63) is 36.8 Å². The monoisotopic (exact) mass is 342 g/mol. The van der Waals surface area contributed by atoms with E-state index in [4.69, 9.17) is 10.5 Å². The van der Waals surface area contributed by atoms with Crippen molar-refractivity contribution in [2.24, 2.45) is 5.73 Å². The summed E-state index contributed by atoms with van der Waals surface area (Å²) in [6, 6.07) is 5.93. The Bertz CT molecular complexity index is 562. The number of hydrogen-bond donors (Lipinski definition) is 1. The molecule has 1 saturated carbocycles. The molecule has 5 nitrogen and oxygen atoms in total. The fraction of sp³-hybridized carbons (Fsp3) is 0.400. The predicted molar refractivity (Wildman–Crippen MR) is 90.6 cm³/mol. The molecule has 2 heterocycles. The number of ether oxygens (including phenoxy) is 1. The van der Waals surface area contributed by atoms with Crippen molar-refractivity contribution in [1.29, 1.82) is 0 Å². The molecule has 1 fully saturated rings. The Balaban J connectivity index is 0.00000121. The molecule has 3 rings (SSSR count). The Kier molecular flexibility index (Phi) is 7.51. The van der Waals surface area contributed by atoms with Crippen LogP contribution in [0.15, 0.2) is 36.8 Å². The number of nitrogens with two attached hydrogens (primary N) is 1. The van der Waals surface area contributed by atoms with E-state index in [1.165, 1.54) is 0 Å². The maximum absolute atomic E-state index is 5.94. The molecule has 0 atom stereocenters. The number of pyridine rings is 1. The van der Waals surface area contributed by atoms with Gasteiger partial charge in [-0.1, -0.05) is 0 Å². The van der Waals surface area contributed by atoms with Gasteiger partial charge in [0.2, 0.25) is 5.88 Å². The number of halogens is 2. The summed E-state index contributed by atoms with van der Waals surface area (Å²) in [4.78, 5) is 12.8. The van der Waals surface area contributed by atoms with Gasteiger partial charge >= 0.3 is 0 Å². The van der Waals surface area contributed by atoms with E-state index >= 15 is 0 Å². The Morgan fingerprint density at radius 2 is 1.82 bits per heavy atom. The molecule has 0 saturated heterocycles. The third-order valence-corrected chi connectivity index (χ3v) is 3.56. The van der Waals surface area contributed by atoms with Crippen LogP contribution < -0.4 is 10.5 Å². The summed E-state index contributed by atoms with van der Waals surface area (Å²) in [7, 11) is 0. The molecule has 0 bridgehead atoms. The van der Waals surface area contributed by atoms with Crippen LogP contribution in [0.4, 0.5) is 0 Å². The van der Waals surface area contributed by atoms with Crippen LogP contribution in [-0.2, 0) is 0 Å². The Hall–Kier alpha value is -1.43. The molecule has 0 aliphatic heterocycles. The van der Waals surface area contributed by atoms with Crippen molar-refractivity contribution in [2.75, 3.05) is 0 Å². The highest BCUT2D eigenvalue weighted by molar-refractivity contribution is 5.85. The zero-order chi connectivity index (χ0) is 13.8. The van der Waals surface area contributed by atoms with Crippen LogP contribution in [0.5, 0.6) is 5.88 Å². The van der Waals surface area contributed by atoms with Crippen LogP contribution in [0.25, 0.3) is 11.4 Å². The van der Waals surface area contributed by atoms with Gasteiger partial charge in [0.25, 0.3) is 0 Å². The Morgan fingerprint density at radius 3 is 2.50 bits per heavy atom. The molecule has 0 amide bonds. The fourth-order valence-corrected chi connectivity index (χ4v) is 2.42. The second kappa shape index (κ2) is 8.88. The van der Waals surface area contributed by atoms with E-state index in [2.05, 4.69) is 15.0 Å². The molecule has 120 valence electrons. The van der Waals surface area contributed by atoms with E-state index < -0.39 is 0 Å². The molecule has 1 aliphatic rings. The molecule has 0 spiro atoms. The summed E-state index contributed by atoms with van der Waals surface area (Å²) in [5.74, 6) is 1.27. The van der Waals surface area contributed by atoms with Crippen LogP contribution in [0, 0.1) is 0 Å². The third kappa shape index (κ3) is 4.80. The minimum Gasteiger partial charge on any atom is -0.474 e. The lowest BCUT2D eigenvalue weighted by molar-refractivity contribution is 0.141. The number of rotatable bonds is 3. The van der Waals surface area contributed by atoms with Gasteiger partial charge in [-0.25, -0.2) is 4.98 Å². The van der Waals surface area contributed by atoms with Crippen LogP contribution in [0.1, 0.15) is 25.7 Å². The van der Waals surface area contributed by atoms with Gasteiger partial charge in [0, 0.05) is 36.3 Å². The molecule has 22 heavy (non-hydrogen) atoms. The zero-order valence-electron chi connectivity index (χ0n) is 12.1. The van der Waals surface area contributed by atoms with E-state index in [0.29, 0.717) is 17.7 Å². The molecule has 7 heteroatoms. The highest BCUT2D eigenvalue weighted by Crippen LogP contribution is 2.23. The van der Waals surface area contributed by atoms with Crippen molar-refractivity contribution in [3.63, 3.8) is 0 Å². The van der Waals surface area contributed by atoms with E-state index in [1.54, 1.807) is 24.7 Å². The van der Waals surface area contributed by atoms with Gasteiger partial charge in [-0.15, -0.1) is 24.8 Å². The normalized spacial score (nSPS) is 20.4. The topological polar surface area (TPSA) is 73.9 Å². The standard InChI is InChI=1S/C15H18N4O.2ClH/c16-12-3-5-13(6-4-12)20-14-7-9-18-15(19-14)11-2-1-8-17-10-11;;/h1-2,7-10,12-13H,3-6,16H2;2*1H/t12-,13-;;. The minimum atomic E-state index is 0. The summed E-state index contributed by atoms with van der Waals surface area (Å²) < 4.78 is 5.94. The second-order valence-electron chi connectivity index (χ2n) is 5.11. The maximum atomic E-state index is 5.94. The highest BCUT2D eigenvalue weighted by atomic mass is 35.5. The van der Waals surface area contributed by atoms with Crippen molar-refractivity contribution >= 4 is 24.8 Å². The molecule has 2 aromatic rings. The first kappa shape index (κ1) is 18.6. The van der Waals surface area contributed by atoms with E-state index in [0.717, 1.165) is 31.2 Å². The average molecular weight is 343 g/mol. The number of aromatic nitrogens is 3. The van der Waals surface area contributed by atoms with E-state index in [-0.39, 0.29) is 30.9 Å². The Labute approximate surface area is 142 Å². The molecule has 2 aromatic heterocycles. The quantitative estimate of drug-likeness (QED) is 0.927. The lowest BCUT2D eigenvalue weighted by Gasteiger charge is -2.26. The molecule has 0 aromatic carbocycles. The van der Waals surface area contributed by atoms with E-state index in [9.17, 15) is 0 Å².